The number of carbonyl (C=O) groups is 1. The number of hydrogen-bond donors (Lipinski definition) is 1. The van der Waals surface area contributed by atoms with Crippen LogP contribution < -0.4 is 11.0 Å². The van der Waals surface area contributed by atoms with Crippen molar-refractivity contribution in [2.45, 2.75) is 39.0 Å². The number of hydrogen-bond acceptors (Lipinski definition) is 4. The predicted octanol–water partition coefficient (Wildman–Crippen LogP) is 1.73. The normalized spacial score (nSPS) is 23.1. The number of amides is 1. The SMILES string of the molecule is Cc1ccc2cc(C)c3nn(CCNC(=O)[C@H]4C[C@H]5C=C[C@H]4O5)c(=O)n3c2c1. The molecule has 1 fully saturated rings. The van der Waals surface area contributed by atoms with Crippen LogP contribution in [0.25, 0.3) is 16.6 Å². The van der Waals surface area contributed by atoms with E-state index in [0.717, 1.165) is 28.5 Å². The topological polar surface area (TPSA) is 77.6 Å². The molecule has 0 unspecified atom stereocenters. The maximum absolute atomic E-state index is 13.0. The van der Waals surface area contributed by atoms with E-state index in [1.54, 1.807) is 4.40 Å². The highest BCUT2D eigenvalue weighted by atomic mass is 16.5. The van der Waals surface area contributed by atoms with Crippen molar-refractivity contribution >= 4 is 22.5 Å². The van der Waals surface area contributed by atoms with Crippen LogP contribution in [0.3, 0.4) is 0 Å². The summed E-state index contributed by atoms with van der Waals surface area (Å²) in [4.78, 5) is 25.4. The molecule has 1 amide bonds. The van der Waals surface area contributed by atoms with Gasteiger partial charge in [0.2, 0.25) is 5.91 Å². The minimum absolute atomic E-state index is 0.0223. The maximum atomic E-state index is 13.0. The molecule has 2 bridgehead atoms. The van der Waals surface area contributed by atoms with Crippen molar-refractivity contribution in [3.05, 3.63) is 58.0 Å². The second-order valence-corrected chi connectivity index (χ2v) is 7.71. The molecule has 3 aromatic rings. The molecule has 28 heavy (non-hydrogen) atoms. The van der Waals surface area contributed by atoms with Gasteiger partial charge in [-0.25, -0.2) is 13.9 Å². The van der Waals surface area contributed by atoms with E-state index in [2.05, 4.69) is 10.4 Å². The van der Waals surface area contributed by atoms with Crippen LogP contribution in [0.1, 0.15) is 17.5 Å². The zero-order valence-electron chi connectivity index (χ0n) is 15.9. The van der Waals surface area contributed by atoms with Crippen LogP contribution in [-0.2, 0) is 16.1 Å². The van der Waals surface area contributed by atoms with Gasteiger partial charge in [0.05, 0.1) is 30.2 Å². The smallest absolute Gasteiger partial charge is 0.350 e. The van der Waals surface area contributed by atoms with E-state index in [0.29, 0.717) is 18.7 Å². The first-order valence-electron chi connectivity index (χ1n) is 9.62. The minimum Gasteiger partial charge on any atom is -0.366 e. The second kappa shape index (κ2) is 6.31. The van der Waals surface area contributed by atoms with E-state index in [1.165, 1.54) is 4.68 Å². The van der Waals surface area contributed by atoms with Gasteiger partial charge in [0.25, 0.3) is 0 Å². The summed E-state index contributed by atoms with van der Waals surface area (Å²) in [7, 11) is 0. The van der Waals surface area contributed by atoms with E-state index in [1.807, 2.05) is 50.3 Å². The Kier molecular flexibility index (Phi) is 3.87. The molecule has 0 radical (unpaired) electrons. The van der Waals surface area contributed by atoms with Crippen LogP contribution in [0.15, 0.2) is 41.2 Å². The van der Waals surface area contributed by atoms with Gasteiger partial charge in [0.1, 0.15) is 0 Å². The fourth-order valence-electron chi connectivity index (χ4n) is 4.24. The molecular formula is C21H22N4O3. The Bertz CT molecular complexity index is 1190. The summed E-state index contributed by atoms with van der Waals surface area (Å²) in [5.41, 5.74) is 3.36. The summed E-state index contributed by atoms with van der Waals surface area (Å²) in [6, 6.07) is 8.10. The number of nitrogens with one attached hydrogen (secondary N) is 1. The summed E-state index contributed by atoms with van der Waals surface area (Å²) < 4.78 is 8.74. The number of pyridine rings is 1. The van der Waals surface area contributed by atoms with Crippen LogP contribution in [0.5, 0.6) is 0 Å². The third-order valence-corrected chi connectivity index (χ3v) is 5.68. The largest absolute Gasteiger partial charge is 0.366 e. The highest BCUT2D eigenvalue weighted by Gasteiger charge is 2.40. The molecule has 0 saturated carbocycles. The van der Waals surface area contributed by atoms with Gasteiger partial charge in [0, 0.05) is 6.54 Å². The number of aromatic nitrogens is 3. The minimum atomic E-state index is -0.185. The molecule has 4 heterocycles. The average molecular weight is 378 g/mol. The second-order valence-electron chi connectivity index (χ2n) is 7.71. The lowest BCUT2D eigenvalue weighted by atomic mass is 9.93. The Morgan fingerprint density at radius 2 is 2.14 bits per heavy atom. The lowest BCUT2D eigenvalue weighted by Gasteiger charge is -2.14. The molecule has 7 nitrogen and oxygen atoms in total. The Morgan fingerprint density at radius 1 is 1.29 bits per heavy atom. The maximum Gasteiger partial charge on any atom is 0.350 e. The standard InChI is InChI=1S/C21H22N4O3/c1-12-3-4-14-10-13(2)19-23-24(21(27)25(19)17(14)9-12)8-7-22-20(26)16-11-15-5-6-18(16)28-15/h3-6,9-10,15-16,18H,7-8,11H2,1-2H3,(H,22,26)/t15-,16+,18-/m1/s1. The van der Waals surface area contributed by atoms with Crippen LogP contribution in [0.2, 0.25) is 0 Å². The van der Waals surface area contributed by atoms with Crippen molar-refractivity contribution in [3.8, 4) is 0 Å². The number of benzene rings is 1. The lowest BCUT2D eigenvalue weighted by Crippen LogP contribution is -2.37. The Labute approximate surface area is 161 Å². The first-order valence-corrected chi connectivity index (χ1v) is 9.62. The van der Waals surface area contributed by atoms with Crippen molar-refractivity contribution in [2.75, 3.05) is 6.54 Å². The van der Waals surface area contributed by atoms with E-state index in [4.69, 9.17) is 4.74 Å². The molecule has 1 saturated heterocycles. The van der Waals surface area contributed by atoms with E-state index in [-0.39, 0.29) is 29.7 Å². The van der Waals surface area contributed by atoms with Gasteiger partial charge < -0.3 is 10.1 Å². The summed E-state index contributed by atoms with van der Waals surface area (Å²) in [5, 5.41) is 8.44. The molecule has 1 aromatic carbocycles. The molecule has 0 spiro atoms. The molecule has 1 N–H and O–H groups in total. The molecule has 3 atom stereocenters. The monoisotopic (exact) mass is 378 g/mol. The molecule has 2 aliphatic heterocycles. The summed E-state index contributed by atoms with van der Waals surface area (Å²) >= 11 is 0. The van der Waals surface area contributed by atoms with Gasteiger partial charge in [-0.05, 0) is 48.9 Å². The van der Waals surface area contributed by atoms with Crippen molar-refractivity contribution in [2.24, 2.45) is 5.92 Å². The van der Waals surface area contributed by atoms with Crippen molar-refractivity contribution in [1.82, 2.24) is 19.5 Å². The van der Waals surface area contributed by atoms with Gasteiger partial charge in [0.15, 0.2) is 5.65 Å². The number of aryl methyl sites for hydroxylation is 2. The quantitative estimate of drug-likeness (QED) is 0.702. The van der Waals surface area contributed by atoms with Crippen LogP contribution in [0, 0.1) is 19.8 Å². The van der Waals surface area contributed by atoms with E-state index in [9.17, 15) is 9.59 Å². The first kappa shape index (κ1) is 17.2. The zero-order chi connectivity index (χ0) is 19.4. The zero-order valence-corrected chi connectivity index (χ0v) is 15.9. The number of carbonyl (C=O) groups excluding carboxylic acids is 1. The highest BCUT2D eigenvalue weighted by molar-refractivity contribution is 5.84. The Hall–Kier alpha value is -2.93. The third kappa shape index (κ3) is 2.65. The molecule has 0 aliphatic carbocycles. The number of ether oxygens (including phenoxy) is 1. The summed E-state index contributed by atoms with van der Waals surface area (Å²) in [6.45, 7) is 4.65. The van der Waals surface area contributed by atoms with Crippen molar-refractivity contribution in [3.63, 3.8) is 0 Å². The predicted molar refractivity (Wildman–Crippen MR) is 105 cm³/mol. The molecule has 5 rings (SSSR count). The summed E-state index contributed by atoms with van der Waals surface area (Å²) in [5.74, 6) is -0.159. The van der Waals surface area contributed by atoms with Crippen molar-refractivity contribution < 1.29 is 9.53 Å². The fraction of sp³-hybridized carbons (Fsp3) is 0.381. The molecule has 2 aromatic heterocycles. The Morgan fingerprint density at radius 3 is 2.89 bits per heavy atom. The first-order chi connectivity index (χ1) is 13.5. The molecular weight excluding hydrogens is 356 g/mol. The van der Waals surface area contributed by atoms with E-state index >= 15 is 0 Å². The van der Waals surface area contributed by atoms with Crippen LogP contribution in [-0.4, -0.2) is 38.8 Å². The van der Waals surface area contributed by atoms with Crippen LogP contribution >= 0.6 is 0 Å². The number of fused-ring (bicyclic) bond motifs is 5. The number of rotatable bonds is 4. The van der Waals surface area contributed by atoms with Gasteiger partial charge >= 0.3 is 5.69 Å². The summed E-state index contributed by atoms with van der Waals surface area (Å²) in [6.07, 6.45) is 4.66. The fourth-order valence-corrected chi connectivity index (χ4v) is 4.24. The van der Waals surface area contributed by atoms with Crippen LogP contribution in [0.4, 0.5) is 0 Å². The third-order valence-electron chi connectivity index (χ3n) is 5.68. The van der Waals surface area contributed by atoms with Gasteiger partial charge in [-0.3, -0.25) is 4.79 Å². The van der Waals surface area contributed by atoms with Gasteiger partial charge in [-0.1, -0.05) is 24.3 Å². The van der Waals surface area contributed by atoms with Gasteiger partial charge in [-0.2, -0.15) is 0 Å². The lowest BCUT2D eigenvalue weighted by molar-refractivity contribution is -0.125. The molecule has 2 aliphatic rings. The van der Waals surface area contributed by atoms with E-state index < -0.39 is 0 Å². The molecule has 144 valence electrons. The highest BCUT2D eigenvalue weighted by Crippen LogP contribution is 2.33. The average Bonchev–Trinajstić information content (AvgIpc) is 3.38. The molecule has 7 heteroatoms. The van der Waals surface area contributed by atoms with Crippen molar-refractivity contribution in [1.29, 1.82) is 0 Å². The number of nitrogens with zero attached hydrogens (tertiary/aromatic N) is 3. The Balaban J connectivity index is 1.38. The van der Waals surface area contributed by atoms with Gasteiger partial charge in [-0.15, -0.1) is 5.10 Å².